The van der Waals surface area contributed by atoms with Crippen molar-refractivity contribution >= 4 is 28.9 Å². The second kappa shape index (κ2) is 7.72. The van der Waals surface area contributed by atoms with Gasteiger partial charge in [-0.2, -0.15) is 0 Å². The first-order valence-electron chi connectivity index (χ1n) is 8.78. The Morgan fingerprint density at radius 2 is 1.89 bits per heavy atom. The Morgan fingerprint density at radius 1 is 1.11 bits per heavy atom. The van der Waals surface area contributed by atoms with E-state index in [1.165, 1.54) is 11.3 Å². The number of anilines is 1. The predicted octanol–water partition coefficient (Wildman–Crippen LogP) is 4.29. The summed E-state index contributed by atoms with van der Waals surface area (Å²) in [6, 6.07) is 16.9. The topological polar surface area (TPSA) is 59.5 Å². The predicted molar refractivity (Wildman–Crippen MR) is 105 cm³/mol. The maximum absolute atomic E-state index is 12.3. The number of ether oxygens (including phenoxy) is 1. The molecule has 1 fully saturated rings. The molecule has 1 amide bonds. The SMILES string of the molecule is O=C(OCc1csc(-c2ccccc2)n1)c1ccc(N2CCCC2=O)cc1. The van der Waals surface area contributed by atoms with E-state index in [1.807, 2.05) is 35.7 Å². The lowest BCUT2D eigenvalue weighted by Crippen LogP contribution is -2.23. The van der Waals surface area contributed by atoms with E-state index in [1.54, 1.807) is 29.2 Å². The Hall–Kier alpha value is -2.99. The fourth-order valence-corrected chi connectivity index (χ4v) is 3.82. The van der Waals surface area contributed by atoms with Crippen LogP contribution in [0, 0.1) is 0 Å². The van der Waals surface area contributed by atoms with Crippen molar-refractivity contribution in [2.75, 3.05) is 11.4 Å². The maximum atomic E-state index is 12.3. The van der Waals surface area contributed by atoms with Crippen LogP contribution in [0.2, 0.25) is 0 Å². The molecule has 1 aromatic heterocycles. The van der Waals surface area contributed by atoms with Gasteiger partial charge in [0.15, 0.2) is 0 Å². The molecule has 5 nitrogen and oxygen atoms in total. The minimum Gasteiger partial charge on any atom is -0.456 e. The normalized spacial score (nSPS) is 13.8. The van der Waals surface area contributed by atoms with E-state index >= 15 is 0 Å². The highest BCUT2D eigenvalue weighted by Gasteiger charge is 2.21. The lowest BCUT2D eigenvalue weighted by Gasteiger charge is -2.15. The van der Waals surface area contributed by atoms with Crippen LogP contribution in [0.1, 0.15) is 28.9 Å². The molecule has 2 aromatic carbocycles. The molecule has 0 aliphatic carbocycles. The average Bonchev–Trinajstić information content (AvgIpc) is 3.36. The number of nitrogens with zero attached hydrogens (tertiary/aromatic N) is 2. The zero-order chi connectivity index (χ0) is 18.6. The molecule has 2 heterocycles. The van der Waals surface area contributed by atoms with Gasteiger partial charge in [-0.15, -0.1) is 11.3 Å². The van der Waals surface area contributed by atoms with Gasteiger partial charge in [-0.3, -0.25) is 4.79 Å². The van der Waals surface area contributed by atoms with E-state index < -0.39 is 5.97 Å². The van der Waals surface area contributed by atoms with Crippen molar-refractivity contribution in [3.63, 3.8) is 0 Å². The van der Waals surface area contributed by atoms with E-state index in [0.29, 0.717) is 12.0 Å². The molecule has 1 aliphatic rings. The van der Waals surface area contributed by atoms with Gasteiger partial charge in [0.2, 0.25) is 5.91 Å². The molecule has 0 bridgehead atoms. The average molecular weight is 378 g/mol. The molecular formula is C21H18N2O3S. The van der Waals surface area contributed by atoms with Crippen molar-refractivity contribution in [3.05, 3.63) is 71.2 Å². The number of rotatable bonds is 5. The molecule has 0 spiro atoms. The molecule has 0 atom stereocenters. The highest BCUT2D eigenvalue weighted by Crippen LogP contribution is 2.24. The summed E-state index contributed by atoms with van der Waals surface area (Å²) in [6.07, 6.45) is 1.46. The Morgan fingerprint density at radius 3 is 2.59 bits per heavy atom. The molecule has 6 heteroatoms. The van der Waals surface area contributed by atoms with E-state index in [4.69, 9.17) is 4.74 Å². The number of amides is 1. The molecule has 0 radical (unpaired) electrons. The summed E-state index contributed by atoms with van der Waals surface area (Å²) in [5.41, 5.74) is 3.06. The molecular weight excluding hydrogens is 360 g/mol. The van der Waals surface area contributed by atoms with E-state index in [2.05, 4.69) is 4.98 Å². The van der Waals surface area contributed by atoms with Crippen molar-refractivity contribution in [1.82, 2.24) is 4.98 Å². The van der Waals surface area contributed by atoms with E-state index in [0.717, 1.165) is 34.9 Å². The summed E-state index contributed by atoms with van der Waals surface area (Å²) in [5.74, 6) is -0.272. The largest absolute Gasteiger partial charge is 0.456 e. The van der Waals surface area contributed by atoms with Crippen LogP contribution >= 0.6 is 11.3 Å². The number of thiazole rings is 1. The number of hydrogen-bond acceptors (Lipinski definition) is 5. The van der Waals surface area contributed by atoms with Gasteiger partial charge in [-0.25, -0.2) is 9.78 Å². The van der Waals surface area contributed by atoms with Crippen molar-refractivity contribution in [2.24, 2.45) is 0 Å². The van der Waals surface area contributed by atoms with Gasteiger partial charge in [0.25, 0.3) is 0 Å². The molecule has 1 saturated heterocycles. The molecule has 3 aromatic rings. The van der Waals surface area contributed by atoms with Crippen molar-refractivity contribution in [2.45, 2.75) is 19.4 Å². The zero-order valence-corrected chi connectivity index (χ0v) is 15.4. The summed E-state index contributed by atoms with van der Waals surface area (Å²) in [6.45, 7) is 0.866. The molecule has 1 aliphatic heterocycles. The molecule has 0 N–H and O–H groups in total. The van der Waals surface area contributed by atoms with Gasteiger partial charge in [0, 0.05) is 29.6 Å². The smallest absolute Gasteiger partial charge is 0.338 e. The number of hydrogen-bond donors (Lipinski definition) is 0. The van der Waals surface area contributed by atoms with Gasteiger partial charge in [-0.05, 0) is 30.7 Å². The molecule has 27 heavy (non-hydrogen) atoms. The second-order valence-corrected chi connectivity index (χ2v) is 7.14. The first-order chi connectivity index (χ1) is 13.2. The fourth-order valence-electron chi connectivity index (χ4n) is 3.01. The molecule has 0 unspecified atom stereocenters. The quantitative estimate of drug-likeness (QED) is 0.621. The third-order valence-corrected chi connectivity index (χ3v) is 5.35. The minimum atomic E-state index is -0.399. The summed E-state index contributed by atoms with van der Waals surface area (Å²) in [7, 11) is 0. The Balaban J connectivity index is 1.37. The fraction of sp³-hybridized carbons (Fsp3) is 0.190. The van der Waals surface area contributed by atoms with Crippen molar-refractivity contribution < 1.29 is 14.3 Å². The lowest BCUT2D eigenvalue weighted by molar-refractivity contribution is -0.117. The number of benzene rings is 2. The van der Waals surface area contributed by atoms with Crippen LogP contribution < -0.4 is 4.90 Å². The van der Waals surface area contributed by atoms with Crippen LogP contribution in [0.5, 0.6) is 0 Å². The van der Waals surface area contributed by atoms with Crippen LogP contribution in [0.3, 0.4) is 0 Å². The van der Waals surface area contributed by atoms with E-state index in [9.17, 15) is 9.59 Å². The minimum absolute atomic E-state index is 0.128. The summed E-state index contributed by atoms with van der Waals surface area (Å²) >= 11 is 1.53. The van der Waals surface area contributed by atoms with Gasteiger partial charge < -0.3 is 9.64 Å². The third-order valence-electron chi connectivity index (χ3n) is 4.41. The van der Waals surface area contributed by atoms with Crippen LogP contribution in [0.4, 0.5) is 5.69 Å². The Kier molecular flexibility index (Phi) is 4.98. The monoisotopic (exact) mass is 378 g/mol. The highest BCUT2D eigenvalue weighted by molar-refractivity contribution is 7.13. The third kappa shape index (κ3) is 3.90. The summed E-state index contributed by atoms with van der Waals surface area (Å²) in [5, 5.41) is 2.80. The number of aromatic nitrogens is 1. The molecule has 4 rings (SSSR count). The number of carbonyl (C=O) groups excluding carboxylic acids is 2. The van der Waals surface area contributed by atoms with Gasteiger partial charge >= 0.3 is 5.97 Å². The van der Waals surface area contributed by atoms with Crippen LogP contribution in [-0.2, 0) is 16.1 Å². The van der Waals surface area contributed by atoms with Crippen LogP contribution in [0.15, 0.2) is 60.0 Å². The number of carbonyl (C=O) groups is 2. The number of esters is 1. The van der Waals surface area contributed by atoms with Gasteiger partial charge in [-0.1, -0.05) is 30.3 Å². The Labute approximate surface area is 161 Å². The van der Waals surface area contributed by atoms with Crippen LogP contribution in [0.25, 0.3) is 10.6 Å². The Bertz CT molecular complexity index is 951. The lowest BCUT2D eigenvalue weighted by atomic mass is 10.2. The van der Waals surface area contributed by atoms with Crippen LogP contribution in [-0.4, -0.2) is 23.4 Å². The standard InChI is InChI=1S/C21H18N2O3S/c24-19-7-4-12-23(19)18-10-8-16(9-11-18)21(25)26-13-17-14-27-20(22-17)15-5-2-1-3-6-15/h1-3,5-6,8-11,14H,4,7,12-13H2. The van der Waals surface area contributed by atoms with Gasteiger partial charge in [0.05, 0.1) is 11.3 Å². The first-order valence-corrected chi connectivity index (χ1v) is 9.66. The van der Waals surface area contributed by atoms with Crippen molar-refractivity contribution in [1.29, 1.82) is 0 Å². The van der Waals surface area contributed by atoms with Crippen molar-refractivity contribution in [3.8, 4) is 10.6 Å². The summed E-state index contributed by atoms with van der Waals surface area (Å²) in [4.78, 5) is 30.3. The second-order valence-electron chi connectivity index (χ2n) is 6.28. The van der Waals surface area contributed by atoms with E-state index in [-0.39, 0.29) is 12.5 Å². The van der Waals surface area contributed by atoms with Gasteiger partial charge in [0.1, 0.15) is 11.6 Å². The maximum Gasteiger partial charge on any atom is 0.338 e. The highest BCUT2D eigenvalue weighted by atomic mass is 32.1. The zero-order valence-electron chi connectivity index (χ0n) is 14.6. The molecule has 0 saturated carbocycles. The summed E-state index contributed by atoms with van der Waals surface area (Å²) < 4.78 is 5.37. The first kappa shape index (κ1) is 17.4. The molecule has 136 valence electrons.